The summed E-state index contributed by atoms with van der Waals surface area (Å²) in [4.78, 5) is 11.1. The van der Waals surface area contributed by atoms with Crippen LogP contribution in [-0.2, 0) is 9.53 Å². The molecule has 1 N–H and O–H groups in total. The number of hydrogen-bond acceptors (Lipinski definition) is 2. The number of methoxy groups -OCH3 is 1. The third kappa shape index (κ3) is 4.15. The van der Waals surface area contributed by atoms with Gasteiger partial charge >= 0.3 is 5.97 Å². The van der Waals surface area contributed by atoms with Gasteiger partial charge in [0, 0.05) is 19.3 Å². The second kappa shape index (κ2) is 7.01. The van der Waals surface area contributed by atoms with Crippen molar-refractivity contribution in [1.29, 1.82) is 0 Å². The molecular weight excluding hydrogens is 223 g/mol. The largest absolute Gasteiger partial charge is 0.481 e. The molecule has 0 bridgehead atoms. The minimum absolute atomic E-state index is 0.261. The van der Waals surface area contributed by atoms with E-state index in [0.717, 1.165) is 6.42 Å². The molecule has 1 atom stereocenters. The van der Waals surface area contributed by atoms with Gasteiger partial charge in [-0.3, -0.25) is 4.79 Å². The summed E-state index contributed by atoms with van der Waals surface area (Å²) in [6.45, 7) is 0.601. The SMILES string of the molecule is COCCCCC(C(=O)O)c1ccccc1F. The van der Waals surface area contributed by atoms with E-state index in [1.54, 1.807) is 19.2 Å². The molecule has 94 valence electrons. The molecule has 0 radical (unpaired) electrons. The monoisotopic (exact) mass is 240 g/mol. The van der Waals surface area contributed by atoms with E-state index in [0.29, 0.717) is 19.4 Å². The Balaban J connectivity index is 2.66. The number of aliphatic carboxylic acids is 1. The van der Waals surface area contributed by atoms with Crippen LogP contribution in [0.3, 0.4) is 0 Å². The average molecular weight is 240 g/mol. The Morgan fingerprint density at radius 1 is 1.41 bits per heavy atom. The second-order valence-electron chi connectivity index (χ2n) is 3.90. The number of carboxylic acid groups (broad SMARTS) is 1. The van der Waals surface area contributed by atoms with Crippen molar-refractivity contribution in [2.45, 2.75) is 25.2 Å². The van der Waals surface area contributed by atoms with Crippen molar-refractivity contribution in [3.8, 4) is 0 Å². The lowest BCUT2D eigenvalue weighted by Crippen LogP contribution is -2.13. The Bertz CT molecular complexity index is 365. The summed E-state index contributed by atoms with van der Waals surface area (Å²) in [7, 11) is 1.60. The van der Waals surface area contributed by atoms with E-state index in [4.69, 9.17) is 9.84 Å². The Morgan fingerprint density at radius 3 is 2.71 bits per heavy atom. The topological polar surface area (TPSA) is 46.5 Å². The van der Waals surface area contributed by atoms with E-state index in [1.807, 2.05) is 0 Å². The molecule has 1 aromatic carbocycles. The maximum Gasteiger partial charge on any atom is 0.311 e. The van der Waals surface area contributed by atoms with Crippen LogP contribution in [0.1, 0.15) is 30.7 Å². The number of benzene rings is 1. The third-order valence-electron chi connectivity index (χ3n) is 2.67. The first-order valence-electron chi connectivity index (χ1n) is 5.63. The Hall–Kier alpha value is -1.42. The molecular formula is C13H17FO3. The molecule has 0 spiro atoms. The fourth-order valence-corrected chi connectivity index (χ4v) is 1.76. The predicted molar refractivity (Wildman–Crippen MR) is 62.5 cm³/mol. The van der Waals surface area contributed by atoms with Crippen LogP contribution in [0.2, 0.25) is 0 Å². The van der Waals surface area contributed by atoms with Gasteiger partial charge < -0.3 is 9.84 Å². The average Bonchev–Trinajstić information content (AvgIpc) is 2.30. The van der Waals surface area contributed by atoms with E-state index >= 15 is 0 Å². The standard InChI is InChI=1S/C13H17FO3/c1-17-9-5-4-7-11(13(15)16)10-6-2-3-8-12(10)14/h2-3,6,8,11H,4-5,7,9H2,1H3,(H,15,16). The summed E-state index contributed by atoms with van der Waals surface area (Å²) >= 11 is 0. The van der Waals surface area contributed by atoms with Gasteiger partial charge in [-0.2, -0.15) is 0 Å². The maximum absolute atomic E-state index is 13.5. The van der Waals surface area contributed by atoms with Gasteiger partial charge in [0.2, 0.25) is 0 Å². The van der Waals surface area contributed by atoms with Crippen LogP contribution in [0.15, 0.2) is 24.3 Å². The smallest absolute Gasteiger partial charge is 0.311 e. The number of carbonyl (C=O) groups is 1. The number of unbranched alkanes of at least 4 members (excludes halogenated alkanes) is 1. The molecule has 0 heterocycles. The molecule has 0 aliphatic carbocycles. The van der Waals surface area contributed by atoms with Gasteiger partial charge in [0.1, 0.15) is 5.82 Å². The van der Waals surface area contributed by atoms with Crippen LogP contribution in [0, 0.1) is 5.82 Å². The van der Waals surface area contributed by atoms with Gasteiger partial charge in [0.15, 0.2) is 0 Å². The van der Waals surface area contributed by atoms with Crippen molar-refractivity contribution in [2.24, 2.45) is 0 Å². The maximum atomic E-state index is 13.5. The fourth-order valence-electron chi connectivity index (χ4n) is 1.76. The highest BCUT2D eigenvalue weighted by Crippen LogP contribution is 2.24. The molecule has 0 fully saturated rings. The molecule has 1 rings (SSSR count). The first-order valence-corrected chi connectivity index (χ1v) is 5.63. The lowest BCUT2D eigenvalue weighted by atomic mass is 9.93. The van der Waals surface area contributed by atoms with Gasteiger partial charge in [0.05, 0.1) is 5.92 Å². The van der Waals surface area contributed by atoms with E-state index in [1.165, 1.54) is 12.1 Å². The molecule has 0 aliphatic rings. The van der Waals surface area contributed by atoms with Crippen molar-refractivity contribution in [2.75, 3.05) is 13.7 Å². The highest BCUT2D eigenvalue weighted by Gasteiger charge is 2.22. The van der Waals surface area contributed by atoms with Crippen molar-refractivity contribution >= 4 is 5.97 Å². The molecule has 17 heavy (non-hydrogen) atoms. The summed E-state index contributed by atoms with van der Waals surface area (Å²) < 4.78 is 18.4. The molecule has 4 heteroatoms. The van der Waals surface area contributed by atoms with Gasteiger partial charge in [-0.05, 0) is 25.3 Å². The van der Waals surface area contributed by atoms with Crippen LogP contribution in [-0.4, -0.2) is 24.8 Å². The minimum Gasteiger partial charge on any atom is -0.481 e. The Labute approximate surface area is 100 Å². The number of hydrogen-bond donors (Lipinski definition) is 1. The minimum atomic E-state index is -0.979. The number of ether oxygens (including phenoxy) is 1. The van der Waals surface area contributed by atoms with Crippen LogP contribution < -0.4 is 0 Å². The Kier molecular flexibility index (Phi) is 5.63. The number of carboxylic acids is 1. The second-order valence-corrected chi connectivity index (χ2v) is 3.90. The molecule has 0 saturated heterocycles. The van der Waals surface area contributed by atoms with Crippen molar-refractivity contribution in [3.63, 3.8) is 0 Å². The van der Waals surface area contributed by atoms with Crippen LogP contribution >= 0.6 is 0 Å². The molecule has 0 amide bonds. The normalized spacial score (nSPS) is 12.4. The van der Waals surface area contributed by atoms with E-state index in [2.05, 4.69) is 0 Å². The lowest BCUT2D eigenvalue weighted by Gasteiger charge is -2.13. The molecule has 1 aromatic rings. The Morgan fingerprint density at radius 2 is 2.12 bits per heavy atom. The van der Waals surface area contributed by atoms with Crippen LogP contribution in [0.5, 0.6) is 0 Å². The highest BCUT2D eigenvalue weighted by molar-refractivity contribution is 5.76. The van der Waals surface area contributed by atoms with Gasteiger partial charge in [-0.25, -0.2) is 4.39 Å². The number of rotatable bonds is 7. The summed E-state index contributed by atoms with van der Waals surface area (Å²) in [5.41, 5.74) is 0.261. The van der Waals surface area contributed by atoms with Crippen molar-refractivity contribution in [3.05, 3.63) is 35.6 Å². The van der Waals surface area contributed by atoms with Gasteiger partial charge in [0.25, 0.3) is 0 Å². The molecule has 1 unspecified atom stereocenters. The van der Waals surface area contributed by atoms with Crippen LogP contribution in [0.25, 0.3) is 0 Å². The summed E-state index contributed by atoms with van der Waals surface area (Å²) in [6, 6.07) is 6.04. The molecule has 0 saturated carbocycles. The summed E-state index contributed by atoms with van der Waals surface area (Å²) in [5, 5.41) is 9.11. The highest BCUT2D eigenvalue weighted by atomic mass is 19.1. The van der Waals surface area contributed by atoms with Crippen molar-refractivity contribution in [1.82, 2.24) is 0 Å². The lowest BCUT2D eigenvalue weighted by molar-refractivity contribution is -0.139. The van der Waals surface area contributed by atoms with Crippen molar-refractivity contribution < 1.29 is 19.0 Å². The van der Waals surface area contributed by atoms with E-state index in [-0.39, 0.29) is 5.56 Å². The zero-order valence-corrected chi connectivity index (χ0v) is 9.86. The quantitative estimate of drug-likeness (QED) is 0.745. The fraction of sp³-hybridized carbons (Fsp3) is 0.462. The summed E-state index contributed by atoms with van der Waals surface area (Å²) in [5.74, 6) is -2.20. The third-order valence-corrected chi connectivity index (χ3v) is 2.67. The van der Waals surface area contributed by atoms with Gasteiger partial charge in [-0.1, -0.05) is 18.2 Å². The molecule has 3 nitrogen and oxygen atoms in total. The zero-order valence-electron chi connectivity index (χ0n) is 9.86. The van der Waals surface area contributed by atoms with Crippen LogP contribution in [0.4, 0.5) is 4.39 Å². The zero-order chi connectivity index (χ0) is 12.7. The first kappa shape index (κ1) is 13.6. The summed E-state index contributed by atoms with van der Waals surface area (Å²) in [6.07, 6.45) is 1.92. The molecule has 0 aliphatic heterocycles. The number of halogens is 1. The predicted octanol–water partition coefficient (Wildman–Crippen LogP) is 2.81. The van der Waals surface area contributed by atoms with E-state index in [9.17, 15) is 9.18 Å². The molecule has 0 aromatic heterocycles. The van der Waals surface area contributed by atoms with Gasteiger partial charge in [-0.15, -0.1) is 0 Å². The first-order chi connectivity index (χ1) is 8.16. The van der Waals surface area contributed by atoms with E-state index < -0.39 is 17.7 Å².